The molecule has 33 heavy (non-hydrogen) atoms. The number of aryl methyl sites for hydroxylation is 1. The minimum atomic E-state index is -0.860. The lowest BCUT2D eigenvalue weighted by Gasteiger charge is -2.29. The molecule has 0 saturated carbocycles. The van der Waals surface area contributed by atoms with Crippen molar-refractivity contribution in [2.24, 2.45) is 5.73 Å². The molecule has 1 aromatic heterocycles. The van der Waals surface area contributed by atoms with Gasteiger partial charge in [-0.3, -0.25) is 4.79 Å². The van der Waals surface area contributed by atoms with Gasteiger partial charge in [-0.15, -0.1) is 0 Å². The molecule has 0 spiro atoms. The molecule has 1 aromatic carbocycles. The van der Waals surface area contributed by atoms with Crippen LogP contribution in [0.15, 0.2) is 40.5 Å². The van der Waals surface area contributed by atoms with E-state index in [1.54, 1.807) is 31.2 Å². The number of benzene rings is 1. The molecular weight excluding hydrogens is 428 g/mol. The molecule has 3 N–H and O–H groups in total. The van der Waals surface area contributed by atoms with Gasteiger partial charge >= 0.3 is 5.97 Å². The number of hydrogen-bond donors (Lipinski definition) is 2. The van der Waals surface area contributed by atoms with Gasteiger partial charge in [0.1, 0.15) is 11.3 Å². The number of esters is 1. The Morgan fingerprint density at radius 2 is 1.91 bits per heavy atom. The predicted octanol–water partition coefficient (Wildman–Crippen LogP) is 2.07. The van der Waals surface area contributed by atoms with Gasteiger partial charge in [-0.25, -0.2) is 4.79 Å². The highest BCUT2D eigenvalue weighted by atomic mass is 16.5. The first kappa shape index (κ1) is 24.2. The van der Waals surface area contributed by atoms with Crippen molar-refractivity contribution < 1.29 is 28.8 Å². The van der Waals surface area contributed by atoms with Crippen molar-refractivity contribution in [1.29, 1.82) is 0 Å². The lowest BCUT2D eigenvalue weighted by atomic mass is 9.83. The number of aliphatic hydroxyl groups is 1. The maximum absolute atomic E-state index is 13.7. The summed E-state index contributed by atoms with van der Waals surface area (Å²) >= 11 is 0. The molecule has 0 fully saturated rings. The Morgan fingerprint density at radius 3 is 2.52 bits per heavy atom. The summed E-state index contributed by atoms with van der Waals surface area (Å²) in [5.41, 5.74) is 7.42. The van der Waals surface area contributed by atoms with Crippen LogP contribution in [0.4, 0.5) is 0 Å². The number of hydrogen-bond acceptors (Lipinski definition) is 8. The summed E-state index contributed by atoms with van der Waals surface area (Å²) in [6.07, 6.45) is 1.41. The molecule has 2 aromatic rings. The third-order valence-corrected chi connectivity index (χ3v) is 5.51. The van der Waals surface area contributed by atoms with Crippen LogP contribution in [0, 0.1) is 0 Å². The van der Waals surface area contributed by atoms with Gasteiger partial charge in [0.05, 0.1) is 38.9 Å². The van der Waals surface area contributed by atoms with Crippen LogP contribution >= 0.6 is 0 Å². The summed E-state index contributed by atoms with van der Waals surface area (Å²) in [5, 5.41) is 9.58. The first-order chi connectivity index (χ1) is 15.9. The number of ether oxygens (including phenoxy) is 4. The molecule has 3 rings (SSSR count). The Kier molecular flexibility index (Phi) is 7.65. The average Bonchev–Trinajstić information content (AvgIpc) is 2.80. The van der Waals surface area contributed by atoms with Gasteiger partial charge in [0.25, 0.3) is 5.56 Å². The monoisotopic (exact) mass is 458 g/mol. The number of nitrogens with two attached hydrogens (primary N) is 1. The number of carbonyl (C=O) groups excluding carboxylic acids is 1. The second-order valence-electron chi connectivity index (χ2n) is 7.49. The molecule has 0 radical (unpaired) electrons. The minimum Gasteiger partial charge on any atom is -0.493 e. The first-order valence-corrected chi connectivity index (χ1v) is 10.9. The van der Waals surface area contributed by atoms with Crippen LogP contribution in [-0.2, 0) is 22.5 Å². The molecule has 1 aliphatic heterocycles. The molecule has 1 aliphatic rings. The van der Waals surface area contributed by atoms with E-state index in [0.717, 1.165) is 6.42 Å². The van der Waals surface area contributed by atoms with E-state index in [2.05, 4.69) is 0 Å². The standard InChI is InChI=1S/C24H30N2O7/c1-5-7-15-13-18-20(23(28)26(15)10-11-27)19(21(22(25)33-18)24(29)32-6-2)14-8-9-16(30-3)17(12-14)31-4/h8-9,12-13,19,27H,5-7,10-11,25H2,1-4H3. The van der Waals surface area contributed by atoms with Gasteiger partial charge in [0.2, 0.25) is 5.88 Å². The van der Waals surface area contributed by atoms with Gasteiger partial charge in [0, 0.05) is 18.3 Å². The van der Waals surface area contributed by atoms with E-state index in [0.29, 0.717) is 29.2 Å². The normalized spacial score (nSPS) is 15.0. The number of nitrogens with zero attached hydrogens (tertiary/aromatic N) is 1. The quantitative estimate of drug-likeness (QED) is 0.548. The number of methoxy groups -OCH3 is 2. The van der Waals surface area contributed by atoms with Crippen molar-refractivity contribution in [1.82, 2.24) is 4.57 Å². The SMILES string of the molecule is CCCc1cc2c(c(=O)n1CCO)C(c1ccc(OC)c(OC)c1)C(C(=O)OCC)=C(N)O2. The molecule has 9 nitrogen and oxygen atoms in total. The van der Waals surface area contributed by atoms with Crippen molar-refractivity contribution in [2.45, 2.75) is 39.2 Å². The molecule has 1 unspecified atom stereocenters. The average molecular weight is 459 g/mol. The zero-order valence-electron chi connectivity index (χ0n) is 19.3. The topological polar surface area (TPSA) is 122 Å². The lowest BCUT2D eigenvalue weighted by molar-refractivity contribution is -0.139. The van der Waals surface area contributed by atoms with Gasteiger partial charge in [-0.2, -0.15) is 0 Å². The second kappa shape index (κ2) is 10.4. The van der Waals surface area contributed by atoms with E-state index < -0.39 is 11.9 Å². The lowest BCUT2D eigenvalue weighted by Crippen LogP contribution is -2.36. The van der Waals surface area contributed by atoms with Gasteiger partial charge < -0.3 is 34.4 Å². The minimum absolute atomic E-state index is 0.0347. The molecular formula is C24H30N2O7. The largest absolute Gasteiger partial charge is 0.493 e. The number of aliphatic hydroxyl groups excluding tert-OH is 1. The van der Waals surface area contributed by atoms with Crippen molar-refractivity contribution in [2.75, 3.05) is 27.4 Å². The Labute approximate surface area is 192 Å². The maximum Gasteiger partial charge on any atom is 0.340 e. The van der Waals surface area contributed by atoms with E-state index >= 15 is 0 Å². The zero-order chi connectivity index (χ0) is 24.1. The number of carbonyl (C=O) groups is 1. The molecule has 0 amide bonds. The third kappa shape index (κ3) is 4.54. The zero-order valence-corrected chi connectivity index (χ0v) is 19.3. The van der Waals surface area contributed by atoms with E-state index in [-0.39, 0.29) is 48.1 Å². The van der Waals surface area contributed by atoms with Crippen LogP contribution in [0.5, 0.6) is 17.2 Å². The van der Waals surface area contributed by atoms with Crippen molar-refractivity contribution >= 4 is 5.97 Å². The summed E-state index contributed by atoms with van der Waals surface area (Å²) < 4.78 is 23.3. The van der Waals surface area contributed by atoms with Crippen LogP contribution in [0.25, 0.3) is 0 Å². The fourth-order valence-corrected chi connectivity index (χ4v) is 4.10. The number of pyridine rings is 1. The van der Waals surface area contributed by atoms with Crippen molar-refractivity contribution in [3.05, 3.63) is 62.9 Å². The van der Waals surface area contributed by atoms with E-state index in [1.165, 1.54) is 18.8 Å². The number of fused-ring (bicyclic) bond motifs is 1. The van der Waals surface area contributed by atoms with Gasteiger partial charge in [-0.1, -0.05) is 19.4 Å². The Morgan fingerprint density at radius 1 is 1.18 bits per heavy atom. The van der Waals surface area contributed by atoms with Crippen LogP contribution in [-0.4, -0.2) is 43.1 Å². The van der Waals surface area contributed by atoms with Crippen LogP contribution < -0.4 is 25.5 Å². The number of aromatic nitrogens is 1. The molecule has 9 heteroatoms. The highest BCUT2D eigenvalue weighted by molar-refractivity contribution is 5.92. The summed E-state index contributed by atoms with van der Waals surface area (Å²) in [4.78, 5) is 26.6. The first-order valence-electron chi connectivity index (χ1n) is 10.9. The fourth-order valence-electron chi connectivity index (χ4n) is 4.10. The molecule has 178 valence electrons. The van der Waals surface area contributed by atoms with Crippen molar-refractivity contribution in [3.8, 4) is 17.2 Å². The van der Waals surface area contributed by atoms with E-state index in [1.807, 2.05) is 6.92 Å². The smallest absolute Gasteiger partial charge is 0.340 e. The van der Waals surface area contributed by atoms with Crippen molar-refractivity contribution in [3.63, 3.8) is 0 Å². The molecule has 0 bridgehead atoms. The van der Waals surface area contributed by atoms with Gasteiger partial charge in [0.15, 0.2) is 11.5 Å². The fraction of sp³-hybridized carbons (Fsp3) is 0.417. The van der Waals surface area contributed by atoms with Crippen LogP contribution in [0.2, 0.25) is 0 Å². The summed E-state index contributed by atoms with van der Waals surface area (Å²) in [5.74, 6) is -0.445. The molecule has 0 aliphatic carbocycles. The highest BCUT2D eigenvalue weighted by Gasteiger charge is 2.39. The third-order valence-electron chi connectivity index (χ3n) is 5.51. The Bertz CT molecular complexity index is 1120. The Balaban J connectivity index is 2.33. The molecule has 2 heterocycles. The highest BCUT2D eigenvalue weighted by Crippen LogP contribution is 2.43. The second-order valence-corrected chi connectivity index (χ2v) is 7.49. The summed E-state index contributed by atoms with van der Waals surface area (Å²) in [6, 6.07) is 6.88. The molecule has 0 saturated heterocycles. The Hall–Kier alpha value is -3.46. The van der Waals surface area contributed by atoms with E-state index in [4.69, 9.17) is 24.7 Å². The van der Waals surface area contributed by atoms with Gasteiger partial charge in [-0.05, 0) is 31.0 Å². The van der Waals surface area contributed by atoms with Crippen LogP contribution in [0.1, 0.15) is 43.0 Å². The summed E-state index contributed by atoms with van der Waals surface area (Å²) in [7, 11) is 3.02. The predicted molar refractivity (Wildman–Crippen MR) is 122 cm³/mol. The number of rotatable bonds is 9. The summed E-state index contributed by atoms with van der Waals surface area (Å²) in [6.45, 7) is 3.72. The molecule has 1 atom stereocenters. The van der Waals surface area contributed by atoms with E-state index in [9.17, 15) is 14.7 Å². The maximum atomic E-state index is 13.7. The van der Waals surface area contributed by atoms with Crippen LogP contribution in [0.3, 0.4) is 0 Å².